The van der Waals surface area contributed by atoms with Crippen molar-refractivity contribution in [3.63, 3.8) is 0 Å². The second kappa shape index (κ2) is 5.53. The van der Waals surface area contributed by atoms with Gasteiger partial charge in [0.05, 0.1) is 17.0 Å². The molecule has 3 N–H and O–H groups in total. The molecular weight excluding hydrogens is 248 g/mol. The second-order valence-electron chi connectivity index (χ2n) is 6.18. The molecule has 0 aromatic carbocycles. The number of carbonyl (C=O) groups excluding carboxylic acids is 1. The molecule has 1 fully saturated rings. The van der Waals surface area contributed by atoms with Crippen LogP contribution in [0.1, 0.15) is 34.1 Å². The third-order valence-corrected chi connectivity index (χ3v) is 3.98. The predicted octanol–water partition coefficient (Wildman–Crippen LogP) is 1.16. The molecule has 1 saturated heterocycles. The van der Waals surface area contributed by atoms with E-state index in [0.717, 1.165) is 0 Å². The van der Waals surface area contributed by atoms with Crippen molar-refractivity contribution in [2.24, 2.45) is 23.0 Å². The van der Waals surface area contributed by atoms with Gasteiger partial charge in [-0.2, -0.15) is 0 Å². The molecule has 0 bridgehead atoms. The Labute approximate surface area is 115 Å². The van der Waals surface area contributed by atoms with Crippen LogP contribution in [0, 0.1) is 17.3 Å². The highest BCUT2D eigenvalue weighted by molar-refractivity contribution is 7.80. The molecule has 0 radical (unpaired) electrons. The number of nitrogens with two attached hydrogens (primary N) is 1. The highest BCUT2D eigenvalue weighted by Gasteiger charge is 2.39. The molecule has 0 saturated carbocycles. The van der Waals surface area contributed by atoms with Gasteiger partial charge in [0, 0.05) is 18.5 Å². The number of thiocarbonyl (C=S) groups is 1. The Bertz CT molecular complexity index is 342. The van der Waals surface area contributed by atoms with Gasteiger partial charge >= 0.3 is 0 Å². The summed E-state index contributed by atoms with van der Waals surface area (Å²) >= 11 is 5.00. The van der Waals surface area contributed by atoms with Gasteiger partial charge in [0.25, 0.3) is 0 Å². The number of likely N-dealkylation sites (tertiary alicyclic amines) is 1. The van der Waals surface area contributed by atoms with Crippen molar-refractivity contribution < 1.29 is 9.90 Å². The fourth-order valence-electron chi connectivity index (χ4n) is 2.47. The van der Waals surface area contributed by atoms with Crippen molar-refractivity contribution >= 4 is 23.1 Å². The van der Waals surface area contributed by atoms with Crippen molar-refractivity contribution in [3.05, 3.63) is 0 Å². The van der Waals surface area contributed by atoms with Crippen LogP contribution >= 0.6 is 12.2 Å². The zero-order valence-electron chi connectivity index (χ0n) is 11.6. The Morgan fingerprint density at radius 1 is 1.50 bits per heavy atom. The van der Waals surface area contributed by atoms with Crippen LogP contribution in [0.3, 0.4) is 0 Å². The standard InChI is InChI=1S/C13H24N2O2S/c1-8(2)10(11(14)18)12(17)15-6-5-9(16)13(3,4)7-15/h8-10,16H,5-7H2,1-4H3,(H2,14,18). The van der Waals surface area contributed by atoms with Crippen LogP contribution in [0.5, 0.6) is 0 Å². The minimum atomic E-state index is -0.397. The van der Waals surface area contributed by atoms with Crippen molar-refractivity contribution in [1.82, 2.24) is 4.90 Å². The topological polar surface area (TPSA) is 66.6 Å². The van der Waals surface area contributed by atoms with E-state index < -0.39 is 5.92 Å². The number of aliphatic hydroxyl groups excluding tert-OH is 1. The number of amides is 1. The zero-order valence-corrected chi connectivity index (χ0v) is 12.5. The number of piperidine rings is 1. The lowest BCUT2D eigenvalue weighted by Crippen LogP contribution is -2.54. The Morgan fingerprint density at radius 2 is 2.06 bits per heavy atom. The minimum absolute atomic E-state index is 0.00234. The largest absolute Gasteiger partial charge is 0.393 e. The fourth-order valence-corrected chi connectivity index (χ4v) is 2.84. The molecule has 2 unspecified atom stereocenters. The lowest BCUT2D eigenvalue weighted by molar-refractivity contribution is -0.141. The highest BCUT2D eigenvalue weighted by Crippen LogP contribution is 2.30. The molecule has 1 aliphatic rings. The third kappa shape index (κ3) is 3.20. The summed E-state index contributed by atoms with van der Waals surface area (Å²) in [6.45, 7) is 8.98. The summed E-state index contributed by atoms with van der Waals surface area (Å²) in [4.78, 5) is 14.5. The Morgan fingerprint density at radius 3 is 2.44 bits per heavy atom. The smallest absolute Gasteiger partial charge is 0.232 e. The van der Waals surface area contributed by atoms with Gasteiger partial charge in [-0.1, -0.05) is 39.9 Å². The molecule has 0 spiro atoms. The molecule has 18 heavy (non-hydrogen) atoms. The number of nitrogens with zero attached hydrogens (tertiary/aromatic N) is 1. The summed E-state index contributed by atoms with van der Waals surface area (Å²) in [6, 6.07) is 0. The van der Waals surface area contributed by atoms with Crippen LogP contribution < -0.4 is 5.73 Å². The Balaban J connectivity index is 2.82. The molecule has 0 aromatic heterocycles. The van der Waals surface area contributed by atoms with Gasteiger partial charge in [0.2, 0.25) is 5.91 Å². The normalized spacial score (nSPS) is 25.0. The summed E-state index contributed by atoms with van der Waals surface area (Å²) in [7, 11) is 0. The molecule has 1 amide bonds. The molecule has 1 heterocycles. The molecular formula is C13H24N2O2S. The molecule has 5 heteroatoms. The van der Waals surface area contributed by atoms with Gasteiger partial charge in [0.15, 0.2) is 0 Å². The monoisotopic (exact) mass is 272 g/mol. The summed E-state index contributed by atoms with van der Waals surface area (Å²) in [6.07, 6.45) is 0.254. The lowest BCUT2D eigenvalue weighted by atomic mass is 9.80. The van der Waals surface area contributed by atoms with E-state index in [1.807, 2.05) is 27.7 Å². The van der Waals surface area contributed by atoms with Crippen molar-refractivity contribution in [3.8, 4) is 0 Å². The first kappa shape index (κ1) is 15.4. The SMILES string of the molecule is CC(C)C(C(=O)N1CCC(O)C(C)(C)C1)C(N)=S. The van der Waals surface area contributed by atoms with E-state index in [1.54, 1.807) is 4.90 Å². The summed E-state index contributed by atoms with van der Waals surface area (Å²) in [5.41, 5.74) is 5.40. The molecule has 104 valence electrons. The van der Waals surface area contributed by atoms with E-state index in [0.29, 0.717) is 19.5 Å². The first-order valence-electron chi connectivity index (χ1n) is 6.43. The number of hydrogen-bond donors (Lipinski definition) is 2. The number of hydrogen-bond acceptors (Lipinski definition) is 3. The molecule has 1 aliphatic heterocycles. The van der Waals surface area contributed by atoms with Crippen LogP contribution in [0.25, 0.3) is 0 Å². The van der Waals surface area contributed by atoms with Gasteiger partial charge in [-0.25, -0.2) is 0 Å². The van der Waals surface area contributed by atoms with E-state index in [4.69, 9.17) is 18.0 Å². The van der Waals surface area contributed by atoms with E-state index in [9.17, 15) is 9.90 Å². The maximum atomic E-state index is 12.5. The van der Waals surface area contributed by atoms with Crippen LogP contribution in [0.4, 0.5) is 0 Å². The van der Waals surface area contributed by atoms with Gasteiger partial charge in [-0.3, -0.25) is 4.79 Å². The van der Waals surface area contributed by atoms with Crippen molar-refractivity contribution in [2.45, 2.75) is 40.2 Å². The van der Waals surface area contributed by atoms with E-state index in [1.165, 1.54) is 0 Å². The van der Waals surface area contributed by atoms with Gasteiger partial charge in [0.1, 0.15) is 0 Å². The lowest BCUT2D eigenvalue weighted by Gasteiger charge is -2.43. The van der Waals surface area contributed by atoms with E-state index >= 15 is 0 Å². The van der Waals surface area contributed by atoms with E-state index in [-0.39, 0.29) is 28.3 Å². The molecule has 2 atom stereocenters. The van der Waals surface area contributed by atoms with Crippen molar-refractivity contribution in [1.29, 1.82) is 0 Å². The van der Waals surface area contributed by atoms with Crippen LogP contribution in [0.15, 0.2) is 0 Å². The molecule has 0 aromatic rings. The van der Waals surface area contributed by atoms with Gasteiger partial charge in [-0.05, 0) is 12.3 Å². The number of aliphatic hydroxyl groups is 1. The third-order valence-electron chi connectivity index (χ3n) is 3.72. The maximum absolute atomic E-state index is 12.5. The van der Waals surface area contributed by atoms with Gasteiger partial charge < -0.3 is 15.7 Å². The summed E-state index contributed by atoms with van der Waals surface area (Å²) in [5, 5.41) is 9.91. The first-order valence-corrected chi connectivity index (χ1v) is 6.84. The average Bonchev–Trinajstić information content (AvgIpc) is 2.20. The quantitative estimate of drug-likeness (QED) is 0.757. The minimum Gasteiger partial charge on any atom is -0.393 e. The van der Waals surface area contributed by atoms with Crippen LogP contribution in [0.2, 0.25) is 0 Å². The predicted molar refractivity (Wildman–Crippen MR) is 76.1 cm³/mol. The Kier molecular flexibility index (Phi) is 4.72. The number of rotatable bonds is 3. The van der Waals surface area contributed by atoms with Crippen molar-refractivity contribution in [2.75, 3.05) is 13.1 Å². The first-order chi connectivity index (χ1) is 8.16. The Hall–Kier alpha value is -0.680. The van der Waals surface area contributed by atoms with Crippen LogP contribution in [-0.2, 0) is 4.79 Å². The molecule has 0 aliphatic carbocycles. The van der Waals surface area contributed by atoms with Crippen LogP contribution in [-0.4, -0.2) is 40.1 Å². The fraction of sp³-hybridized carbons (Fsp3) is 0.846. The molecule has 1 rings (SSSR count). The highest BCUT2D eigenvalue weighted by atomic mass is 32.1. The maximum Gasteiger partial charge on any atom is 0.232 e. The average molecular weight is 272 g/mol. The molecule has 4 nitrogen and oxygen atoms in total. The second-order valence-corrected chi connectivity index (χ2v) is 6.65. The van der Waals surface area contributed by atoms with E-state index in [2.05, 4.69) is 0 Å². The summed E-state index contributed by atoms with van der Waals surface area (Å²) < 4.78 is 0. The van der Waals surface area contributed by atoms with Gasteiger partial charge in [-0.15, -0.1) is 0 Å². The zero-order chi connectivity index (χ0) is 14.1. The number of carbonyl (C=O) groups is 1. The summed E-state index contributed by atoms with van der Waals surface area (Å²) in [5.74, 6) is -0.298.